The number of anilines is 1. The van der Waals surface area contributed by atoms with Crippen molar-refractivity contribution in [3.63, 3.8) is 0 Å². The van der Waals surface area contributed by atoms with Crippen molar-refractivity contribution in [1.29, 1.82) is 0 Å². The van der Waals surface area contributed by atoms with Gasteiger partial charge in [-0.1, -0.05) is 6.07 Å². The third-order valence-electron chi connectivity index (χ3n) is 3.30. The summed E-state index contributed by atoms with van der Waals surface area (Å²) in [6.07, 6.45) is -6.46. The number of alkyl halides is 3. The summed E-state index contributed by atoms with van der Waals surface area (Å²) in [6, 6.07) is 3.35. The molecule has 0 aliphatic carbocycles. The van der Waals surface area contributed by atoms with Crippen molar-refractivity contribution in [3.8, 4) is 5.75 Å². The van der Waals surface area contributed by atoms with Gasteiger partial charge in [-0.05, 0) is 66.2 Å². The Balaban J connectivity index is 2.78. The van der Waals surface area contributed by atoms with E-state index in [1.165, 1.54) is 12.1 Å². The highest BCUT2D eigenvalue weighted by atomic mass is 19.4. The predicted molar refractivity (Wildman–Crippen MR) is 111 cm³/mol. The van der Waals surface area contributed by atoms with Gasteiger partial charge in [-0.15, -0.1) is 13.2 Å². The number of carbonyl (C=O) groups excluding carboxylic acids is 2. The fourth-order valence-corrected chi connectivity index (χ4v) is 2.30. The molecule has 0 saturated carbocycles. The first-order valence-electron chi connectivity index (χ1n) is 9.89. The zero-order valence-electron chi connectivity index (χ0n) is 19.3. The lowest BCUT2D eigenvalue weighted by atomic mass is 10.2. The smallest absolute Gasteiger partial charge is 0.444 e. The molecule has 0 spiro atoms. The largest absolute Gasteiger partial charge is 0.573 e. The van der Waals surface area contributed by atoms with Crippen molar-refractivity contribution < 1.29 is 41.7 Å². The maximum atomic E-state index is 12.7. The maximum Gasteiger partial charge on any atom is 0.573 e. The molecule has 0 radical (unpaired) electrons. The third-order valence-corrected chi connectivity index (χ3v) is 3.30. The van der Waals surface area contributed by atoms with Gasteiger partial charge in [-0.3, -0.25) is 5.32 Å². The Morgan fingerprint density at radius 3 is 2.06 bits per heavy atom. The summed E-state index contributed by atoms with van der Waals surface area (Å²) in [5.74, 6) is -0.591. The van der Waals surface area contributed by atoms with Gasteiger partial charge < -0.3 is 24.3 Å². The van der Waals surface area contributed by atoms with Crippen LogP contribution in [-0.2, 0) is 20.8 Å². The molecule has 0 unspecified atom stereocenters. The first-order valence-corrected chi connectivity index (χ1v) is 9.89. The Morgan fingerprint density at radius 1 is 0.969 bits per heavy atom. The van der Waals surface area contributed by atoms with E-state index in [0.717, 1.165) is 6.07 Å². The fraction of sp³-hybridized carbons (Fsp3) is 0.619. The van der Waals surface area contributed by atoms with Gasteiger partial charge in [0.05, 0.1) is 24.9 Å². The van der Waals surface area contributed by atoms with Gasteiger partial charge >= 0.3 is 18.5 Å². The summed E-state index contributed by atoms with van der Waals surface area (Å²) in [7, 11) is 0. The van der Waals surface area contributed by atoms with Crippen LogP contribution in [0.4, 0.5) is 28.4 Å². The summed E-state index contributed by atoms with van der Waals surface area (Å²) >= 11 is 0. The molecule has 1 aromatic rings. The summed E-state index contributed by atoms with van der Waals surface area (Å²) in [4.78, 5) is 23.8. The third kappa shape index (κ3) is 12.2. The van der Waals surface area contributed by atoms with Gasteiger partial charge in [0.15, 0.2) is 5.75 Å². The molecule has 0 heterocycles. The van der Waals surface area contributed by atoms with Crippen LogP contribution in [-0.4, -0.2) is 42.4 Å². The minimum Gasteiger partial charge on any atom is -0.444 e. The zero-order chi connectivity index (χ0) is 24.7. The molecular formula is C21H31F3N2O6. The summed E-state index contributed by atoms with van der Waals surface area (Å²) < 4.78 is 57.8. The van der Waals surface area contributed by atoms with E-state index in [2.05, 4.69) is 15.4 Å². The molecule has 1 atom stereocenters. The van der Waals surface area contributed by atoms with Crippen LogP contribution in [0.2, 0.25) is 0 Å². The van der Waals surface area contributed by atoms with E-state index in [1.54, 1.807) is 48.5 Å². The van der Waals surface area contributed by atoms with Gasteiger partial charge in [-0.25, -0.2) is 9.59 Å². The second-order valence-electron chi connectivity index (χ2n) is 9.07. The Kier molecular flexibility index (Phi) is 9.19. The second-order valence-corrected chi connectivity index (χ2v) is 9.07. The molecule has 2 amide bonds. The molecule has 2 N–H and O–H groups in total. The highest BCUT2D eigenvalue weighted by Crippen LogP contribution is 2.32. The summed E-state index contributed by atoms with van der Waals surface area (Å²) in [5, 5.41) is 4.87. The number of carbonyl (C=O) groups is 2. The van der Waals surface area contributed by atoms with Crippen LogP contribution in [0.25, 0.3) is 0 Å². The Labute approximate surface area is 185 Å². The molecule has 0 saturated heterocycles. The van der Waals surface area contributed by atoms with E-state index in [-0.39, 0.29) is 24.9 Å². The minimum absolute atomic E-state index is 0.00956. The van der Waals surface area contributed by atoms with Crippen LogP contribution in [0, 0.1) is 0 Å². The molecule has 11 heteroatoms. The van der Waals surface area contributed by atoms with E-state index in [4.69, 9.17) is 14.2 Å². The van der Waals surface area contributed by atoms with Crippen LogP contribution in [0.1, 0.15) is 54.0 Å². The highest BCUT2D eigenvalue weighted by Gasteiger charge is 2.32. The van der Waals surface area contributed by atoms with Crippen LogP contribution in [0.3, 0.4) is 0 Å². The number of amides is 2. The van der Waals surface area contributed by atoms with Crippen molar-refractivity contribution in [2.45, 2.75) is 78.7 Å². The monoisotopic (exact) mass is 464 g/mol. The molecular weight excluding hydrogens is 433 g/mol. The lowest BCUT2D eigenvalue weighted by Gasteiger charge is -2.22. The fourth-order valence-electron chi connectivity index (χ4n) is 2.30. The van der Waals surface area contributed by atoms with Crippen LogP contribution in [0.15, 0.2) is 18.2 Å². The van der Waals surface area contributed by atoms with Crippen molar-refractivity contribution in [3.05, 3.63) is 23.8 Å². The quantitative estimate of drug-likeness (QED) is 0.564. The Hall–Kier alpha value is -2.69. The number of halogens is 3. The number of rotatable bonds is 7. The Morgan fingerprint density at radius 2 is 1.53 bits per heavy atom. The number of benzene rings is 1. The lowest BCUT2D eigenvalue weighted by molar-refractivity contribution is -0.274. The summed E-state index contributed by atoms with van der Waals surface area (Å²) in [6.45, 7) is 11.9. The van der Waals surface area contributed by atoms with E-state index in [1.807, 2.05) is 0 Å². The van der Waals surface area contributed by atoms with Crippen LogP contribution in [0.5, 0.6) is 5.75 Å². The van der Waals surface area contributed by atoms with Gasteiger partial charge in [0.25, 0.3) is 0 Å². The average Bonchev–Trinajstić information content (AvgIpc) is 2.52. The van der Waals surface area contributed by atoms with Crippen molar-refractivity contribution in [2.75, 3.05) is 11.9 Å². The zero-order valence-corrected chi connectivity index (χ0v) is 19.3. The van der Waals surface area contributed by atoms with E-state index in [0.29, 0.717) is 5.56 Å². The number of hydrogen-bond acceptors (Lipinski definition) is 6. The molecule has 0 aliphatic rings. The first kappa shape index (κ1) is 27.3. The van der Waals surface area contributed by atoms with Crippen molar-refractivity contribution in [2.24, 2.45) is 0 Å². The number of alkyl carbamates (subject to hydrolysis) is 1. The van der Waals surface area contributed by atoms with E-state index >= 15 is 0 Å². The maximum absolute atomic E-state index is 12.7. The van der Waals surface area contributed by atoms with Gasteiger partial charge in [0.2, 0.25) is 0 Å². The topological polar surface area (TPSA) is 95.1 Å². The number of hydrogen-bond donors (Lipinski definition) is 2. The molecule has 0 aliphatic heterocycles. The van der Waals surface area contributed by atoms with E-state index in [9.17, 15) is 22.8 Å². The van der Waals surface area contributed by atoms with Crippen LogP contribution >= 0.6 is 0 Å². The van der Waals surface area contributed by atoms with Gasteiger partial charge in [0, 0.05) is 0 Å². The number of nitrogens with one attached hydrogen (secondary N) is 2. The molecule has 1 aromatic carbocycles. The molecule has 32 heavy (non-hydrogen) atoms. The molecule has 1 rings (SSSR count). The molecule has 0 bridgehead atoms. The molecule has 0 fully saturated rings. The molecule has 8 nitrogen and oxygen atoms in total. The highest BCUT2D eigenvalue weighted by molar-refractivity contribution is 5.87. The van der Waals surface area contributed by atoms with Crippen molar-refractivity contribution in [1.82, 2.24) is 5.32 Å². The van der Waals surface area contributed by atoms with E-state index < -0.39 is 35.5 Å². The predicted octanol–water partition coefficient (Wildman–Crippen LogP) is 5.36. The summed E-state index contributed by atoms with van der Waals surface area (Å²) in [5.41, 5.74) is -1.23. The van der Waals surface area contributed by atoms with Gasteiger partial charge in [0.1, 0.15) is 11.2 Å². The lowest BCUT2D eigenvalue weighted by Crippen LogP contribution is -2.39. The van der Waals surface area contributed by atoms with Gasteiger partial charge in [-0.2, -0.15) is 0 Å². The second kappa shape index (κ2) is 10.8. The van der Waals surface area contributed by atoms with Crippen LogP contribution < -0.4 is 15.4 Å². The number of ether oxygens (including phenoxy) is 4. The average molecular weight is 464 g/mol. The molecule has 182 valence electrons. The standard InChI is InChI=1S/C21H31F3N2O6/c1-13(25-17(27)31-19(2,3)4)11-29-12-14-8-9-16(30-21(22,23)24)15(10-14)26-18(28)32-20(5,6)7/h8-10,13H,11-12H2,1-7H3,(H,25,27)(H,26,28)/t13-/m1/s1. The normalized spacial score (nSPS) is 13.2. The minimum atomic E-state index is -4.94. The Bertz CT molecular complexity index is 785. The first-order chi connectivity index (χ1) is 14.4. The van der Waals surface area contributed by atoms with Crippen molar-refractivity contribution >= 4 is 17.9 Å². The SMILES string of the molecule is C[C@H](COCc1ccc(OC(F)(F)F)c(NC(=O)OC(C)(C)C)c1)NC(=O)OC(C)(C)C. The molecule has 0 aromatic heterocycles.